The van der Waals surface area contributed by atoms with Gasteiger partial charge in [0.2, 0.25) is 0 Å². The van der Waals surface area contributed by atoms with E-state index in [0.29, 0.717) is 28.9 Å². The summed E-state index contributed by atoms with van der Waals surface area (Å²) in [5.41, 5.74) is 0.766. The second kappa shape index (κ2) is 8.87. The Morgan fingerprint density at radius 3 is 3.19 bits per heavy atom. The average Bonchev–Trinajstić information content (AvgIpc) is 3.35. The molecule has 0 bridgehead atoms. The maximum Gasteiger partial charge on any atom is 0.254 e. The van der Waals surface area contributed by atoms with Gasteiger partial charge in [0.15, 0.2) is 15.7 Å². The summed E-state index contributed by atoms with van der Waals surface area (Å²) in [6.45, 7) is 9.06. The zero-order chi connectivity index (χ0) is 19.4. The van der Waals surface area contributed by atoms with E-state index in [-0.39, 0.29) is 12.0 Å². The Hall–Kier alpha value is -1.88. The van der Waals surface area contributed by atoms with Gasteiger partial charge in [-0.05, 0) is 38.9 Å². The van der Waals surface area contributed by atoms with Crippen molar-refractivity contribution in [3.05, 3.63) is 23.1 Å². The summed E-state index contributed by atoms with van der Waals surface area (Å²) >= 11 is 6.60. The number of aryl methyl sites for hydroxylation is 1. The molecule has 27 heavy (non-hydrogen) atoms. The number of amides is 1. The number of nitrogens with zero attached hydrogens (tertiary/aromatic N) is 3. The van der Waals surface area contributed by atoms with Crippen molar-refractivity contribution in [1.82, 2.24) is 19.7 Å². The zero-order valence-corrected chi connectivity index (χ0v) is 17.0. The number of nitrogens with one attached hydrogen (secondary N) is 2. The maximum absolute atomic E-state index is 12.4. The monoisotopic (exact) mass is 409 g/mol. The number of aromatic nitrogens is 4. The number of H-pyrrole nitrogens is 1. The van der Waals surface area contributed by atoms with E-state index in [1.54, 1.807) is 13.0 Å². The van der Waals surface area contributed by atoms with Crippen LogP contribution in [0, 0.1) is 11.7 Å². The van der Waals surface area contributed by atoms with Gasteiger partial charge in [-0.1, -0.05) is 17.4 Å². The Kier molecular flexibility index (Phi) is 6.53. The van der Waals surface area contributed by atoms with E-state index in [1.165, 1.54) is 11.3 Å². The lowest BCUT2D eigenvalue weighted by molar-refractivity contribution is -0.128. The van der Waals surface area contributed by atoms with Crippen LogP contribution in [0.1, 0.15) is 25.5 Å². The second-order valence-electron chi connectivity index (χ2n) is 6.29. The molecule has 1 aliphatic rings. The highest BCUT2D eigenvalue weighted by Gasteiger charge is 2.22. The second-order valence-corrected chi connectivity index (χ2v) is 7.67. The standard InChI is InChI=1S/C17H23N5O3S2/c1-4-7-22-14(20-21-17(22)26)13-10(2)18-16(27-13)19-15(23)11(3)25-9-12-6-5-8-24-12/h4,11-12H,1,5-9H2,2-3H3,(H,21,26)(H,18,19,23). The van der Waals surface area contributed by atoms with Crippen molar-refractivity contribution in [2.75, 3.05) is 18.5 Å². The largest absolute Gasteiger partial charge is 0.376 e. The van der Waals surface area contributed by atoms with E-state index >= 15 is 0 Å². The van der Waals surface area contributed by atoms with Gasteiger partial charge in [-0.25, -0.2) is 4.98 Å². The molecule has 8 nitrogen and oxygen atoms in total. The number of carbonyl (C=O) groups is 1. The molecule has 10 heteroatoms. The number of anilines is 1. The molecule has 1 saturated heterocycles. The van der Waals surface area contributed by atoms with Gasteiger partial charge in [-0.2, -0.15) is 5.10 Å². The molecular weight excluding hydrogens is 386 g/mol. The summed E-state index contributed by atoms with van der Waals surface area (Å²) in [5.74, 6) is 0.441. The van der Waals surface area contributed by atoms with Gasteiger partial charge in [0.1, 0.15) is 6.10 Å². The molecule has 2 N–H and O–H groups in total. The lowest BCUT2D eigenvalue weighted by Gasteiger charge is -2.15. The Bertz CT molecular complexity index is 866. The minimum Gasteiger partial charge on any atom is -0.376 e. The minimum absolute atomic E-state index is 0.0847. The predicted octanol–water partition coefficient (Wildman–Crippen LogP) is 3.08. The summed E-state index contributed by atoms with van der Waals surface area (Å²) in [6, 6.07) is 0. The van der Waals surface area contributed by atoms with E-state index in [2.05, 4.69) is 27.1 Å². The first-order valence-electron chi connectivity index (χ1n) is 8.77. The summed E-state index contributed by atoms with van der Waals surface area (Å²) in [7, 11) is 0. The Balaban J connectivity index is 1.66. The molecule has 0 saturated carbocycles. The van der Waals surface area contributed by atoms with Crippen molar-refractivity contribution in [1.29, 1.82) is 0 Å². The molecule has 0 spiro atoms. The number of ether oxygens (including phenoxy) is 2. The van der Waals surface area contributed by atoms with E-state index in [1.807, 2.05) is 11.5 Å². The van der Waals surface area contributed by atoms with Crippen LogP contribution in [0.3, 0.4) is 0 Å². The van der Waals surface area contributed by atoms with E-state index < -0.39 is 6.10 Å². The first-order chi connectivity index (χ1) is 13.0. The third-order valence-electron chi connectivity index (χ3n) is 4.23. The van der Waals surface area contributed by atoms with Gasteiger partial charge < -0.3 is 9.47 Å². The Morgan fingerprint density at radius 2 is 2.48 bits per heavy atom. The van der Waals surface area contributed by atoms with Crippen molar-refractivity contribution in [3.63, 3.8) is 0 Å². The van der Waals surface area contributed by atoms with Gasteiger partial charge in [0.25, 0.3) is 5.91 Å². The summed E-state index contributed by atoms with van der Waals surface area (Å²) in [5, 5.41) is 10.4. The van der Waals surface area contributed by atoms with Crippen LogP contribution in [0.4, 0.5) is 5.13 Å². The highest BCUT2D eigenvalue weighted by atomic mass is 32.1. The predicted molar refractivity (Wildman–Crippen MR) is 106 cm³/mol. The number of allylic oxidation sites excluding steroid dienone is 1. The minimum atomic E-state index is -0.586. The SMILES string of the molecule is C=CCn1c(-c2sc(NC(=O)C(C)OCC3CCCO3)nc2C)n[nH]c1=S. The average molecular weight is 410 g/mol. The molecule has 1 fully saturated rings. The fourth-order valence-electron chi connectivity index (χ4n) is 2.76. The molecule has 3 rings (SSSR count). The molecular formula is C17H23N5O3S2. The van der Waals surface area contributed by atoms with Crippen molar-refractivity contribution in [2.45, 2.75) is 45.4 Å². The van der Waals surface area contributed by atoms with Crippen molar-refractivity contribution in [2.24, 2.45) is 0 Å². The number of aromatic amines is 1. The van der Waals surface area contributed by atoms with E-state index in [4.69, 9.17) is 21.7 Å². The first-order valence-corrected chi connectivity index (χ1v) is 10.00. The maximum atomic E-state index is 12.4. The molecule has 2 atom stereocenters. The van der Waals surface area contributed by atoms with Crippen LogP contribution in [0.15, 0.2) is 12.7 Å². The molecule has 2 unspecified atom stereocenters. The van der Waals surface area contributed by atoms with E-state index in [0.717, 1.165) is 30.0 Å². The lowest BCUT2D eigenvalue weighted by Crippen LogP contribution is -2.30. The molecule has 3 heterocycles. The third kappa shape index (κ3) is 4.70. The summed E-state index contributed by atoms with van der Waals surface area (Å²) in [6.07, 6.45) is 3.27. The van der Waals surface area contributed by atoms with E-state index in [9.17, 15) is 4.79 Å². The quantitative estimate of drug-likeness (QED) is 0.514. The normalized spacial score (nSPS) is 17.8. The smallest absolute Gasteiger partial charge is 0.254 e. The fourth-order valence-corrected chi connectivity index (χ4v) is 3.93. The molecule has 1 aliphatic heterocycles. The van der Waals surface area contributed by atoms with Crippen LogP contribution in [0.2, 0.25) is 0 Å². The van der Waals surface area contributed by atoms with Crippen LogP contribution in [-0.2, 0) is 20.8 Å². The number of hydrogen-bond donors (Lipinski definition) is 2. The van der Waals surface area contributed by atoms with Gasteiger partial charge >= 0.3 is 0 Å². The summed E-state index contributed by atoms with van der Waals surface area (Å²) < 4.78 is 13.5. The molecule has 0 radical (unpaired) electrons. The molecule has 146 valence electrons. The highest BCUT2D eigenvalue weighted by molar-refractivity contribution is 7.71. The fraction of sp³-hybridized carbons (Fsp3) is 0.529. The molecule has 2 aromatic heterocycles. The zero-order valence-electron chi connectivity index (χ0n) is 15.4. The Morgan fingerprint density at radius 1 is 1.67 bits per heavy atom. The van der Waals surface area contributed by atoms with Crippen molar-refractivity contribution in [3.8, 4) is 10.7 Å². The third-order valence-corrected chi connectivity index (χ3v) is 5.61. The van der Waals surface area contributed by atoms with Crippen LogP contribution in [-0.4, -0.2) is 51.1 Å². The van der Waals surface area contributed by atoms with Crippen LogP contribution in [0.5, 0.6) is 0 Å². The molecule has 0 aromatic carbocycles. The van der Waals surface area contributed by atoms with Crippen molar-refractivity contribution < 1.29 is 14.3 Å². The van der Waals surface area contributed by atoms with Gasteiger partial charge in [-0.3, -0.25) is 19.8 Å². The first kappa shape index (κ1) is 19.9. The topological polar surface area (TPSA) is 94.1 Å². The Labute approximate surface area is 166 Å². The molecule has 1 amide bonds. The number of carbonyl (C=O) groups excluding carboxylic acids is 1. The lowest BCUT2D eigenvalue weighted by atomic mass is 10.2. The van der Waals surface area contributed by atoms with Gasteiger partial charge in [0, 0.05) is 13.2 Å². The number of hydrogen-bond acceptors (Lipinski definition) is 7. The van der Waals surface area contributed by atoms with Gasteiger partial charge in [0.05, 0.1) is 23.3 Å². The highest BCUT2D eigenvalue weighted by Crippen LogP contribution is 2.31. The number of rotatable bonds is 8. The molecule has 2 aromatic rings. The van der Waals surface area contributed by atoms with Crippen molar-refractivity contribution >= 4 is 34.6 Å². The number of thiazole rings is 1. The summed E-state index contributed by atoms with van der Waals surface area (Å²) in [4.78, 5) is 17.7. The van der Waals surface area contributed by atoms with Crippen LogP contribution >= 0.6 is 23.6 Å². The van der Waals surface area contributed by atoms with Gasteiger partial charge in [-0.15, -0.1) is 6.58 Å². The van der Waals surface area contributed by atoms with Crippen LogP contribution in [0.25, 0.3) is 10.7 Å². The molecule has 0 aliphatic carbocycles. The van der Waals surface area contributed by atoms with Crippen LogP contribution < -0.4 is 5.32 Å².